The van der Waals surface area contributed by atoms with Crippen molar-refractivity contribution in [2.45, 2.75) is 26.2 Å². The van der Waals surface area contributed by atoms with E-state index < -0.39 is 0 Å². The van der Waals surface area contributed by atoms with Crippen molar-refractivity contribution in [3.63, 3.8) is 0 Å². The Morgan fingerprint density at radius 1 is 1.44 bits per heavy atom. The maximum absolute atomic E-state index is 6.01. The zero-order valence-corrected chi connectivity index (χ0v) is 11.5. The molecular weight excluding hydrogens is 246 g/mol. The molecule has 0 aliphatic carbocycles. The molecule has 3 N–H and O–H groups in total. The van der Waals surface area contributed by atoms with E-state index in [1.165, 1.54) is 0 Å². The third-order valence-corrected chi connectivity index (χ3v) is 3.40. The topological polar surface area (TPSA) is 54.7 Å². The maximum atomic E-state index is 6.01. The van der Waals surface area contributed by atoms with Gasteiger partial charge in [-0.2, -0.15) is 0 Å². The molecule has 1 aromatic carbocycles. The summed E-state index contributed by atoms with van der Waals surface area (Å²) in [6.45, 7) is 4.75. The number of benzene rings is 1. The molecule has 1 aromatic heterocycles. The quantitative estimate of drug-likeness (QED) is 0.887. The molecule has 0 bridgehead atoms. The molecule has 1 atom stereocenters. The van der Waals surface area contributed by atoms with Gasteiger partial charge in [-0.3, -0.25) is 0 Å². The number of aromatic amines is 1. The van der Waals surface area contributed by atoms with Gasteiger partial charge in [-0.15, -0.1) is 0 Å². The van der Waals surface area contributed by atoms with Crippen LogP contribution in [0.1, 0.15) is 30.8 Å². The second kappa shape index (κ2) is 5.55. The van der Waals surface area contributed by atoms with Gasteiger partial charge in [0.2, 0.25) is 0 Å². The van der Waals surface area contributed by atoms with E-state index in [2.05, 4.69) is 16.9 Å². The molecule has 0 spiro atoms. The van der Waals surface area contributed by atoms with Crippen LogP contribution in [0.4, 0.5) is 0 Å². The number of hydrogen-bond donors (Lipinski definition) is 2. The molecule has 0 saturated carbocycles. The van der Waals surface area contributed by atoms with Crippen LogP contribution in [0.5, 0.6) is 0 Å². The molecular formula is C14H18ClN3. The van der Waals surface area contributed by atoms with E-state index in [4.69, 9.17) is 17.3 Å². The van der Waals surface area contributed by atoms with Crippen LogP contribution in [0.15, 0.2) is 24.3 Å². The van der Waals surface area contributed by atoms with Crippen LogP contribution in [0.25, 0.3) is 11.3 Å². The number of H-pyrrole nitrogens is 1. The highest BCUT2D eigenvalue weighted by molar-refractivity contribution is 6.30. The predicted molar refractivity (Wildman–Crippen MR) is 75.9 cm³/mol. The Balaban J connectivity index is 2.40. The number of imidazole rings is 1. The highest BCUT2D eigenvalue weighted by atomic mass is 35.5. The molecule has 96 valence electrons. The second-order valence-corrected chi connectivity index (χ2v) is 4.88. The predicted octanol–water partition coefficient (Wildman–Crippen LogP) is 3.49. The summed E-state index contributed by atoms with van der Waals surface area (Å²) in [6.07, 6.45) is 0.985. The van der Waals surface area contributed by atoms with E-state index in [0.717, 1.165) is 34.2 Å². The number of hydrogen-bond acceptors (Lipinski definition) is 2. The van der Waals surface area contributed by atoms with Gasteiger partial charge in [0, 0.05) is 28.7 Å². The summed E-state index contributed by atoms with van der Waals surface area (Å²) in [5, 5.41) is 0.724. The Bertz CT molecular complexity index is 530. The van der Waals surface area contributed by atoms with E-state index in [-0.39, 0.29) is 5.92 Å². The molecule has 0 radical (unpaired) electrons. The Morgan fingerprint density at radius 3 is 2.83 bits per heavy atom. The van der Waals surface area contributed by atoms with Gasteiger partial charge < -0.3 is 10.7 Å². The van der Waals surface area contributed by atoms with Gasteiger partial charge in [0.15, 0.2) is 0 Å². The number of nitrogens with two attached hydrogens (primary N) is 1. The molecule has 2 aromatic rings. The van der Waals surface area contributed by atoms with E-state index >= 15 is 0 Å². The highest BCUT2D eigenvalue weighted by Crippen LogP contribution is 2.26. The molecule has 0 aliphatic heterocycles. The van der Waals surface area contributed by atoms with Crippen LogP contribution in [-0.2, 0) is 0 Å². The Hall–Kier alpha value is -1.32. The van der Waals surface area contributed by atoms with Gasteiger partial charge in [0.1, 0.15) is 5.82 Å². The van der Waals surface area contributed by atoms with E-state index in [1.54, 1.807) is 0 Å². The van der Waals surface area contributed by atoms with Gasteiger partial charge >= 0.3 is 0 Å². The van der Waals surface area contributed by atoms with Crippen molar-refractivity contribution in [3.05, 3.63) is 40.8 Å². The van der Waals surface area contributed by atoms with Gasteiger partial charge in [0.05, 0.1) is 5.69 Å². The van der Waals surface area contributed by atoms with Gasteiger partial charge in [-0.1, -0.05) is 30.7 Å². The lowest BCUT2D eigenvalue weighted by Gasteiger charge is -2.07. The van der Waals surface area contributed by atoms with Crippen molar-refractivity contribution in [1.82, 2.24) is 9.97 Å². The summed E-state index contributed by atoms with van der Waals surface area (Å²) in [4.78, 5) is 8.00. The van der Waals surface area contributed by atoms with Crippen molar-refractivity contribution >= 4 is 11.6 Å². The van der Waals surface area contributed by atoms with Crippen molar-refractivity contribution in [2.24, 2.45) is 5.73 Å². The Morgan fingerprint density at radius 2 is 2.22 bits per heavy atom. The van der Waals surface area contributed by atoms with Crippen LogP contribution in [0.2, 0.25) is 5.02 Å². The molecule has 3 nitrogen and oxygen atoms in total. The lowest BCUT2D eigenvalue weighted by molar-refractivity contribution is 0.638. The summed E-state index contributed by atoms with van der Waals surface area (Å²) < 4.78 is 0. The number of aryl methyl sites for hydroxylation is 1. The molecule has 0 saturated heterocycles. The van der Waals surface area contributed by atoms with Crippen LogP contribution >= 0.6 is 11.6 Å². The average Bonchev–Trinajstić information content (AvgIpc) is 2.73. The maximum Gasteiger partial charge on any atom is 0.111 e. The first-order chi connectivity index (χ1) is 8.65. The van der Waals surface area contributed by atoms with Crippen molar-refractivity contribution in [1.29, 1.82) is 0 Å². The lowest BCUT2D eigenvalue weighted by atomic mass is 10.1. The summed E-state index contributed by atoms with van der Waals surface area (Å²) in [7, 11) is 0. The molecule has 4 heteroatoms. The minimum absolute atomic E-state index is 0.289. The molecule has 18 heavy (non-hydrogen) atoms. The Labute approximate surface area is 112 Å². The monoisotopic (exact) mass is 263 g/mol. The largest absolute Gasteiger partial charge is 0.345 e. The first kappa shape index (κ1) is 13.1. The average molecular weight is 264 g/mol. The van der Waals surface area contributed by atoms with Gasteiger partial charge in [-0.25, -0.2) is 4.98 Å². The molecule has 1 unspecified atom stereocenters. The number of halogens is 1. The Kier molecular flexibility index (Phi) is 4.04. The summed E-state index contributed by atoms with van der Waals surface area (Å²) >= 11 is 6.01. The molecule has 0 amide bonds. The third kappa shape index (κ3) is 2.57. The van der Waals surface area contributed by atoms with E-state index in [0.29, 0.717) is 6.54 Å². The third-order valence-electron chi connectivity index (χ3n) is 3.17. The standard InChI is InChI=1S/C14H18ClN3/c1-3-10(8-16)14-17-9(2)13(18-14)11-5-4-6-12(15)7-11/h4-7,10H,3,8,16H2,1-2H3,(H,17,18). The van der Waals surface area contributed by atoms with Crippen LogP contribution < -0.4 is 5.73 Å². The van der Waals surface area contributed by atoms with Gasteiger partial charge in [-0.05, 0) is 25.5 Å². The van der Waals surface area contributed by atoms with Crippen LogP contribution in [-0.4, -0.2) is 16.5 Å². The zero-order valence-electron chi connectivity index (χ0n) is 10.7. The van der Waals surface area contributed by atoms with Crippen molar-refractivity contribution in [2.75, 3.05) is 6.54 Å². The minimum Gasteiger partial charge on any atom is -0.345 e. The van der Waals surface area contributed by atoms with Crippen LogP contribution in [0.3, 0.4) is 0 Å². The number of rotatable bonds is 4. The van der Waals surface area contributed by atoms with E-state index in [1.807, 2.05) is 31.2 Å². The van der Waals surface area contributed by atoms with Crippen molar-refractivity contribution < 1.29 is 0 Å². The number of nitrogens with one attached hydrogen (secondary N) is 1. The number of aromatic nitrogens is 2. The van der Waals surface area contributed by atoms with E-state index in [9.17, 15) is 0 Å². The zero-order chi connectivity index (χ0) is 13.1. The minimum atomic E-state index is 0.289. The number of nitrogens with zero attached hydrogens (tertiary/aromatic N) is 1. The first-order valence-electron chi connectivity index (χ1n) is 6.18. The SMILES string of the molecule is CCC(CN)c1nc(-c2cccc(Cl)c2)c(C)[nH]1. The molecule has 0 fully saturated rings. The summed E-state index contributed by atoms with van der Waals surface area (Å²) in [5.41, 5.74) is 8.81. The summed E-state index contributed by atoms with van der Waals surface area (Å²) in [6, 6.07) is 7.74. The molecule has 1 heterocycles. The molecule has 0 aliphatic rings. The normalized spacial score (nSPS) is 12.7. The van der Waals surface area contributed by atoms with Crippen molar-refractivity contribution in [3.8, 4) is 11.3 Å². The fourth-order valence-corrected chi connectivity index (χ4v) is 2.26. The first-order valence-corrected chi connectivity index (χ1v) is 6.56. The van der Waals surface area contributed by atoms with Crippen LogP contribution in [0, 0.1) is 6.92 Å². The fourth-order valence-electron chi connectivity index (χ4n) is 2.07. The smallest absolute Gasteiger partial charge is 0.111 e. The fraction of sp³-hybridized carbons (Fsp3) is 0.357. The highest BCUT2D eigenvalue weighted by Gasteiger charge is 2.15. The van der Waals surface area contributed by atoms with Gasteiger partial charge in [0.25, 0.3) is 0 Å². The molecule has 2 rings (SSSR count). The summed E-state index contributed by atoms with van der Waals surface area (Å²) in [5.74, 6) is 1.25. The second-order valence-electron chi connectivity index (χ2n) is 4.45. The lowest BCUT2D eigenvalue weighted by Crippen LogP contribution is -2.12.